The van der Waals surface area contributed by atoms with Gasteiger partial charge in [0.2, 0.25) is 0 Å². The predicted molar refractivity (Wildman–Crippen MR) is 138 cm³/mol. The molecule has 3 nitrogen and oxygen atoms in total. The van der Waals surface area contributed by atoms with Crippen LogP contribution < -0.4 is 10.1 Å². The van der Waals surface area contributed by atoms with Crippen LogP contribution in [0.1, 0.15) is 16.7 Å². The van der Waals surface area contributed by atoms with Crippen LogP contribution in [-0.2, 0) is 4.79 Å². The number of carbonyl (C=O) groups is 1. The highest BCUT2D eigenvalue weighted by molar-refractivity contribution is 6.32. The number of hydrogen-bond acceptors (Lipinski definition) is 2. The van der Waals surface area contributed by atoms with Gasteiger partial charge in [-0.05, 0) is 53.5 Å². The maximum atomic E-state index is 13.5. The summed E-state index contributed by atoms with van der Waals surface area (Å²) in [5, 5.41) is 3.42. The number of benzene rings is 4. The molecule has 0 aliphatic carbocycles. The molecule has 0 aliphatic rings. The summed E-state index contributed by atoms with van der Waals surface area (Å²) in [6.07, 6.45) is 1.55. The molecule has 176 valence electrons. The highest BCUT2D eigenvalue weighted by atomic mass is 35.5. The molecule has 1 amide bonds. The second-order valence-electron chi connectivity index (χ2n) is 7.78. The van der Waals surface area contributed by atoms with Crippen LogP contribution in [0.2, 0.25) is 5.02 Å². The summed E-state index contributed by atoms with van der Waals surface area (Å²) in [5.41, 5.74) is 4.57. The Morgan fingerprint density at radius 2 is 1.51 bits per heavy atom. The fourth-order valence-electron chi connectivity index (χ4n) is 3.64. The van der Waals surface area contributed by atoms with Gasteiger partial charge < -0.3 is 10.1 Å². The van der Waals surface area contributed by atoms with Gasteiger partial charge in [0.25, 0.3) is 5.91 Å². The van der Waals surface area contributed by atoms with Gasteiger partial charge in [0.15, 0.2) is 0 Å². The molecule has 35 heavy (non-hydrogen) atoms. The molecule has 0 saturated heterocycles. The third kappa shape index (κ3) is 5.94. The number of para-hydroxylation sites is 1. The molecule has 0 bridgehead atoms. The third-order valence-electron chi connectivity index (χ3n) is 5.50. The van der Waals surface area contributed by atoms with Gasteiger partial charge in [-0.15, -0.1) is 0 Å². The molecule has 0 spiro atoms. The number of hydrogen-bond donors (Lipinski definition) is 1. The molecule has 0 fully saturated rings. The molecule has 0 unspecified atom stereocenters. The summed E-state index contributed by atoms with van der Waals surface area (Å²) < 4.78 is 30.6. The zero-order valence-corrected chi connectivity index (χ0v) is 19.6. The summed E-state index contributed by atoms with van der Waals surface area (Å²) in [6.45, 7) is -1.18. The molecule has 4 rings (SSSR count). The topological polar surface area (TPSA) is 38.3 Å². The molecule has 0 aliphatic heterocycles. The number of nitrogens with one attached hydrogen (secondary N) is 1. The van der Waals surface area contributed by atoms with Gasteiger partial charge in [0.1, 0.15) is 5.75 Å². The van der Waals surface area contributed by atoms with Gasteiger partial charge in [0, 0.05) is 21.8 Å². The molecule has 0 radical (unpaired) electrons. The zero-order valence-electron chi connectivity index (χ0n) is 18.8. The minimum Gasteiger partial charge on any atom is -0.434 e. The zero-order chi connectivity index (χ0) is 24.8. The Hall–Kier alpha value is -3.96. The van der Waals surface area contributed by atoms with Crippen LogP contribution in [0.3, 0.4) is 0 Å². The Balaban J connectivity index is 1.76. The number of halogens is 3. The number of rotatable bonds is 7. The standard InChI is InChI=1S/C29H22ClF2NO2/c1-19-25(30)11-7-12-26(19)33-28(34)24(18-23-10-5-6-13-27(23)35-29(31)32)22-16-14-21(15-17-22)20-8-3-2-4-9-20/h2-18,29H,1H3,(H,33,34)/b24-18+. The van der Waals surface area contributed by atoms with Crippen LogP contribution in [0, 0.1) is 6.92 Å². The highest BCUT2D eigenvalue weighted by Crippen LogP contribution is 2.30. The van der Waals surface area contributed by atoms with Crippen molar-refractivity contribution in [2.75, 3.05) is 5.32 Å². The number of anilines is 1. The van der Waals surface area contributed by atoms with E-state index in [0.29, 0.717) is 21.8 Å². The van der Waals surface area contributed by atoms with Crippen molar-refractivity contribution < 1.29 is 18.3 Å². The SMILES string of the molecule is Cc1c(Cl)cccc1NC(=O)/C(=C/c1ccccc1OC(F)F)c1ccc(-c2ccccc2)cc1. The average Bonchev–Trinajstić information content (AvgIpc) is 2.86. The maximum absolute atomic E-state index is 13.5. The first-order valence-corrected chi connectivity index (χ1v) is 11.3. The molecule has 0 saturated carbocycles. The number of ether oxygens (including phenoxy) is 1. The van der Waals surface area contributed by atoms with Crippen molar-refractivity contribution in [1.82, 2.24) is 0 Å². The third-order valence-corrected chi connectivity index (χ3v) is 5.91. The van der Waals surface area contributed by atoms with Crippen molar-refractivity contribution in [3.8, 4) is 16.9 Å². The number of carbonyl (C=O) groups excluding carboxylic acids is 1. The van der Waals surface area contributed by atoms with Crippen LogP contribution in [-0.4, -0.2) is 12.5 Å². The monoisotopic (exact) mass is 489 g/mol. The van der Waals surface area contributed by atoms with E-state index >= 15 is 0 Å². The van der Waals surface area contributed by atoms with Crippen LogP contribution in [0.5, 0.6) is 5.75 Å². The molecule has 4 aromatic carbocycles. The number of amides is 1. The van der Waals surface area contributed by atoms with E-state index in [0.717, 1.165) is 16.7 Å². The second kappa shape index (κ2) is 11.0. The summed E-state index contributed by atoms with van der Waals surface area (Å²) in [4.78, 5) is 13.5. The van der Waals surface area contributed by atoms with Crippen LogP contribution in [0.15, 0.2) is 97.1 Å². The van der Waals surface area contributed by atoms with Gasteiger partial charge in [-0.25, -0.2) is 0 Å². The van der Waals surface area contributed by atoms with Crippen molar-refractivity contribution in [3.05, 3.63) is 119 Å². The first-order chi connectivity index (χ1) is 16.9. The molecule has 1 N–H and O–H groups in total. The van der Waals surface area contributed by atoms with E-state index in [1.807, 2.05) is 61.5 Å². The predicted octanol–water partition coefficient (Wildman–Crippen LogP) is 8.10. The normalized spacial score (nSPS) is 11.4. The lowest BCUT2D eigenvalue weighted by atomic mass is 9.98. The Morgan fingerprint density at radius 3 is 2.23 bits per heavy atom. The lowest BCUT2D eigenvalue weighted by Gasteiger charge is -2.14. The Morgan fingerprint density at radius 1 is 0.857 bits per heavy atom. The van der Waals surface area contributed by atoms with Crippen LogP contribution >= 0.6 is 11.6 Å². The molecule has 0 atom stereocenters. The molecular formula is C29H22ClF2NO2. The summed E-state index contributed by atoms with van der Waals surface area (Å²) in [5.74, 6) is -0.428. The summed E-state index contributed by atoms with van der Waals surface area (Å²) in [7, 11) is 0. The van der Waals surface area contributed by atoms with Gasteiger partial charge in [-0.3, -0.25) is 4.79 Å². The second-order valence-corrected chi connectivity index (χ2v) is 8.19. The fraction of sp³-hybridized carbons (Fsp3) is 0.0690. The smallest absolute Gasteiger partial charge is 0.387 e. The first kappa shape index (κ1) is 24.2. The Kier molecular flexibility index (Phi) is 7.58. The van der Waals surface area contributed by atoms with Crippen molar-refractivity contribution in [2.24, 2.45) is 0 Å². The fourth-order valence-corrected chi connectivity index (χ4v) is 3.82. The van der Waals surface area contributed by atoms with Crippen molar-refractivity contribution in [3.63, 3.8) is 0 Å². The van der Waals surface area contributed by atoms with E-state index in [2.05, 4.69) is 10.1 Å². The van der Waals surface area contributed by atoms with Gasteiger partial charge in [-0.2, -0.15) is 8.78 Å². The molecule has 0 aromatic heterocycles. The van der Waals surface area contributed by atoms with Crippen molar-refractivity contribution in [2.45, 2.75) is 13.5 Å². The van der Waals surface area contributed by atoms with E-state index in [1.54, 1.807) is 42.5 Å². The van der Waals surface area contributed by atoms with Gasteiger partial charge >= 0.3 is 6.61 Å². The van der Waals surface area contributed by atoms with E-state index < -0.39 is 12.5 Å². The lowest BCUT2D eigenvalue weighted by molar-refractivity contribution is -0.111. The number of alkyl halides is 2. The lowest BCUT2D eigenvalue weighted by Crippen LogP contribution is -2.14. The minimum absolute atomic E-state index is 0.0207. The van der Waals surface area contributed by atoms with Crippen LogP contribution in [0.25, 0.3) is 22.8 Å². The average molecular weight is 490 g/mol. The van der Waals surface area contributed by atoms with E-state index in [4.69, 9.17) is 11.6 Å². The van der Waals surface area contributed by atoms with Crippen molar-refractivity contribution in [1.29, 1.82) is 0 Å². The Labute approximate surface area is 207 Å². The minimum atomic E-state index is -2.99. The summed E-state index contributed by atoms with van der Waals surface area (Å²) in [6, 6.07) is 28.9. The molecule has 0 heterocycles. The van der Waals surface area contributed by atoms with Gasteiger partial charge in [0.05, 0.1) is 0 Å². The van der Waals surface area contributed by atoms with Crippen LogP contribution in [0.4, 0.5) is 14.5 Å². The maximum Gasteiger partial charge on any atom is 0.387 e. The van der Waals surface area contributed by atoms with Gasteiger partial charge in [-0.1, -0.05) is 90.5 Å². The Bertz CT molecular complexity index is 1350. The van der Waals surface area contributed by atoms with E-state index in [-0.39, 0.29) is 11.3 Å². The molecule has 6 heteroatoms. The van der Waals surface area contributed by atoms with Crippen molar-refractivity contribution >= 4 is 34.8 Å². The molecule has 4 aromatic rings. The quantitative estimate of drug-likeness (QED) is 0.210. The van der Waals surface area contributed by atoms with E-state index in [9.17, 15) is 13.6 Å². The van der Waals surface area contributed by atoms with E-state index in [1.165, 1.54) is 6.07 Å². The largest absolute Gasteiger partial charge is 0.434 e. The molecular weight excluding hydrogens is 468 g/mol. The summed E-state index contributed by atoms with van der Waals surface area (Å²) >= 11 is 6.22. The first-order valence-electron chi connectivity index (χ1n) is 10.9. The highest BCUT2D eigenvalue weighted by Gasteiger charge is 2.17.